The van der Waals surface area contributed by atoms with Crippen molar-refractivity contribution in [2.45, 2.75) is 26.8 Å². The van der Waals surface area contributed by atoms with E-state index in [9.17, 15) is 0 Å². The molecule has 5 heterocycles. The highest BCUT2D eigenvalue weighted by atomic mass is 16.3. The highest BCUT2D eigenvalue weighted by Gasteiger charge is 2.20. The number of rotatable bonds is 6. The van der Waals surface area contributed by atoms with E-state index >= 15 is 0 Å². The number of hydrogen-bond acceptors (Lipinski definition) is 5. The Bertz CT molecular complexity index is 1570. The van der Waals surface area contributed by atoms with Gasteiger partial charge in [0.1, 0.15) is 11.2 Å². The third-order valence-corrected chi connectivity index (χ3v) is 6.34. The number of nitrogens with zero attached hydrogens (tertiary/aromatic N) is 3. The van der Waals surface area contributed by atoms with Crippen LogP contribution in [0.4, 0.5) is 0 Å². The van der Waals surface area contributed by atoms with Crippen LogP contribution in [0.5, 0.6) is 0 Å². The Morgan fingerprint density at radius 3 is 2.89 bits per heavy atom. The predicted octanol–water partition coefficient (Wildman–Crippen LogP) is 5.65. The zero-order valence-electron chi connectivity index (χ0n) is 19.7. The lowest BCUT2D eigenvalue weighted by Crippen LogP contribution is -2.11. The number of nitrogens with one attached hydrogen (secondary N) is 3. The van der Waals surface area contributed by atoms with E-state index in [0.29, 0.717) is 0 Å². The van der Waals surface area contributed by atoms with Crippen LogP contribution in [0.1, 0.15) is 36.2 Å². The Balaban J connectivity index is 1.42. The maximum Gasteiger partial charge on any atom is 0.135 e. The van der Waals surface area contributed by atoms with Gasteiger partial charge in [0.15, 0.2) is 0 Å². The van der Waals surface area contributed by atoms with Gasteiger partial charge in [-0.05, 0) is 54.9 Å². The first-order chi connectivity index (χ1) is 17.2. The van der Waals surface area contributed by atoms with Gasteiger partial charge < -0.3 is 14.7 Å². The van der Waals surface area contributed by atoms with E-state index in [0.717, 1.165) is 81.1 Å². The van der Waals surface area contributed by atoms with Gasteiger partial charge in [0, 0.05) is 47.7 Å². The number of furan rings is 1. The highest BCUT2D eigenvalue weighted by Crippen LogP contribution is 2.35. The first-order valence-electron chi connectivity index (χ1n) is 11.8. The summed E-state index contributed by atoms with van der Waals surface area (Å²) in [7, 11) is 0. The summed E-state index contributed by atoms with van der Waals surface area (Å²) in [5.41, 5.74) is 12.3. The van der Waals surface area contributed by atoms with Gasteiger partial charge in [-0.2, -0.15) is 5.10 Å². The summed E-state index contributed by atoms with van der Waals surface area (Å²) in [4.78, 5) is 13.0. The maximum absolute atomic E-state index is 5.36. The summed E-state index contributed by atoms with van der Waals surface area (Å²) in [6, 6.07) is 10.3. The van der Waals surface area contributed by atoms with Crippen LogP contribution in [0.25, 0.3) is 39.3 Å². The van der Waals surface area contributed by atoms with Crippen molar-refractivity contribution in [3.05, 3.63) is 95.4 Å². The lowest BCUT2D eigenvalue weighted by molar-refractivity contribution is 0.566. The second-order valence-corrected chi connectivity index (χ2v) is 8.88. The number of allylic oxidation sites excluding steroid dienone is 3. The standard InChI is InChI=1S/C28H26N6O/c1-3-29-13-18-11-20(15-30-14-18)23-6-7-24-27(32-23)28(34-33-24)26-12-22-21(19-8-9-35-16-19)5-4-17(2)10-25(22)31-26/h4-9,11-12,14-16,29,31H,3,10,13H2,1-2H3,(H,33,34). The van der Waals surface area contributed by atoms with E-state index in [1.807, 2.05) is 30.6 Å². The monoisotopic (exact) mass is 462 g/mol. The Kier molecular flexibility index (Phi) is 5.39. The van der Waals surface area contributed by atoms with Crippen LogP contribution < -0.4 is 5.32 Å². The SMILES string of the molecule is CCNCc1cncc(-c2ccc3[nH]nc(-c4cc5c([nH]4)CC(C)=CC=C5c4ccoc4)c3n2)c1. The van der Waals surface area contributed by atoms with Crippen molar-refractivity contribution in [3.63, 3.8) is 0 Å². The van der Waals surface area contributed by atoms with Gasteiger partial charge >= 0.3 is 0 Å². The summed E-state index contributed by atoms with van der Waals surface area (Å²) in [6.07, 6.45) is 12.4. The lowest BCUT2D eigenvalue weighted by Gasteiger charge is -2.05. The maximum atomic E-state index is 5.36. The topological polar surface area (TPSA) is 95.4 Å². The van der Waals surface area contributed by atoms with Crippen molar-refractivity contribution < 1.29 is 4.42 Å². The smallest absolute Gasteiger partial charge is 0.135 e. The van der Waals surface area contributed by atoms with Gasteiger partial charge in [0.2, 0.25) is 0 Å². The molecule has 0 fully saturated rings. The lowest BCUT2D eigenvalue weighted by atomic mass is 10.00. The molecule has 3 N–H and O–H groups in total. The molecule has 1 aliphatic carbocycles. The first kappa shape index (κ1) is 21.3. The van der Waals surface area contributed by atoms with Crippen LogP contribution in [0.15, 0.2) is 77.4 Å². The number of hydrogen-bond donors (Lipinski definition) is 3. The molecule has 0 amide bonds. The van der Waals surface area contributed by atoms with Gasteiger partial charge in [0.05, 0.1) is 29.4 Å². The summed E-state index contributed by atoms with van der Waals surface area (Å²) >= 11 is 0. The second-order valence-electron chi connectivity index (χ2n) is 8.88. The molecule has 174 valence electrons. The molecule has 35 heavy (non-hydrogen) atoms. The van der Waals surface area contributed by atoms with Crippen LogP contribution in [-0.4, -0.2) is 31.7 Å². The Morgan fingerprint density at radius 2 is 2.03 bits per heavy atom. The third kappa shape index (κ3) is 4.00. The molecule has 7 nitrogen and oxygen atoms in total. The van der Waals surface area contributed by atoms with Crippen molar-refractivity contribution in [1.82, 2.24) is 30.5 Å². The summed E-state index contributed by atoms with van der Waals surface area (Å²) in [5, 5.41) is 11.1. The molecule has 1 aliphatic rings. The fraction of sp³-hybridized carbons (Fsp3) is 0.179. The fourth-order valence-corrected chi connectivity index (χ4v) is 4.57. The molecule has 5 aromatic heterocycles. The van der Waals surface area contributed by atoms with Crippen LogP contribution in [0.3, 0.4) is 0 Å². The first-order valence-corrected chi connectivity index (χ1v) is 11.8. The van der Waals surface area contributed by atoms with Gasteiger partial charge in [-0.15, -0.1) is 0 Å². The summed E-state index contributed by atoms with van der Waals surface area (Å²) < 4.78 is 5.36. The van der Waals surface area contributed by atoms with E-state index in [1.165, 1.54) is 5.57 Å². The van der Waals surface area contributed by atoms with Gasteiger partial charge in [-0.25, -0.2) is 4.98 Å². The minimum absolute atomic E-state index is 0.783. The largest absolute Gasteiger partial charge is 0.472 e. The number of pyridine rings is 2. The minimum atomic E-state index is 0.783. The Hall–Kier alpha value is -4.23. The molecule has 0 radical (unpaired) electrons. The number of aromatic nitrogens is 5. The second kappa shape index (κ2) is 8.85. The molecule has 7 heteroatoms. The molecule has 0 aromatic carbocycles. The van der Waals surface area contributed by atoms with Crippen molar-refractivity contribution in [1.29, 1.82) is 0 Å². The van der Waals surface area contributed by atoms with Crippen molar-refractivity contribution in [2.24, 2.45) is 0 Å². The van der Waals surface area contributed by atoms with Crippen molar-refractivity contribution in [2.75, 3.05) is 6.54 Å². The van der Waals surface area contributed by atoms with E-state index < -0.39 is 0 Å². The van der Waals surface area contributed by atoms with E-state index in [1.54, 1.807) is 12.5 Å². The summed E-state index contributed by atoms with van der Waals surface area (Å²) in [5.74, 6) is 0. The molecule has 0 saturated heterocycles. The normalized spacial score (nSPS) is 13.4. The number of H-pyrrole nitrogens is 2. The van der Waals surface area contributed by atoms with Crippen LogP contribution in [0, 0.1) is 0 Å². The zero-order chi connectivity index (χ0) is 23.8. The molecular formula is C28H26N6O. The van der Waals surface area contributed by atoms with Gasteiger partial charge in [-0.1, -0.05) is 24.6 Å². The van der Waals surface area contributed by atoms with E-state index in [2.05, 4.69) is 63.6 Å². The number of aromatic amines is 2. The van der Waals surface area contributed by atoms with Gasteiger partial charge in [0.25, 0.3) is 0 Å². The van der Waals surface area contributed by atoms with Crippen LogP contribution in [0.2, 0.25) is 0 Å². The quantitative estimate of drug-likeness (QED) is 0.303. The number of fused-ring (bicyclic) bond motifs is 2. The van der Waals surface area contributed by atoms with Crippen molar-refractivity contribution >= 4 is 16.6 Å². The van der Waals surface area contributed by atoms with E-state index in [-0.39, 0.29) is 0 Å². The van der Waals surface area contributed by atoms with Crippen molar-refractivity contribution in [3.8, 4) is 22.6 Å². The fourth-order valence-electron chi connectivity index (χ4n) is 4.57. The average Bonchev–Trinajstić information content (AvgIpc) is 3.62. The molecule has 6 rings (SSSR count). The third-order valence-electron chi connectivity index (χ3n) is 6.34. The molecule has 0 saturated carbocycles. The predicted molar refractivity (Wildman–Crippen MR) is 138 cm³/mol. The minimum Gasteiger partial charge on any atom is -0.472 e. The Labute approximate surface area is 203 Å². The molecule has 0 aliphatic heterocycles. The van der Waals surface area contributed by atoms with Gasteiger partial charge in [-0.3, -0.25) is 10.1 Å². The summed E-state index contributed by atoms with van der Waals surface area (Å²) in [6.45, 7) is 5.94. The molecule has 0 bridgehead atoms. The van der Waals surface area contributed by atoms with Crippen LogP contribution in [-0.2, 0) is 13.0 Å². The molecule has 5 aromatic rings. The average molecular weight is 463 g/mol. The Morgan fingerprint density at radius 1 is 1.09 bits per heavy atom. The molecular weight excluding hydrogens is 436 g/mol. The highest BCUT2D eigenvalue weighted by molar-refractivity contribution is 5.92. The molecule has 0 unspecified atom stereocenters. The van der Waals surface area contributed by atoms with Crippen LogP contribution >= 0.6 is 0 Å². The molecule has 0 spiro atoms. The molecule has 0 atom stereocenters. The zero-order valence-corrected chi connectivity index (χ0v) is 19.7. The van der Waals surface area contributed by atoms with E-state index in [4.69, 9.17) is 9.40 Å².